The number of rotatable bonds is 9. The summed E-state index contributed by atoms with van der Waals surface area (Å²) in [5.74, 6) is 0. The average Bonchev–Trinajstić information content (AvgIpc) is 3.62. The van der Waals surface area contributed by atoms with Gasteiger partial charge in [0.15, 0.2) is 5.69 Å². The van der Waals surface area contributed by atoms with Crippen LogP contribution < -0.4 is 10.6 Å². The van der Waals surface area contributed by atoms with Crippen LogP contribution in [-0.2, 0) is 36.0 Å². The summed E-state index contributed by atoms with van der Waals surface area (Å²) in [4.78, 5) is 3.61. The van der Waals surface area contributed by atoms with E-state index in [-0.39, 0.29) is 34.9 Å². The largest absolute Gasteiger partial charge is 0.748 e. The number of pyridine rings is 1. The molecule has 1 aromatic heterocycles. The summed E-state index contributed by atoms with van der Waals surface area (Å²) in [5.41, 5.74) is -1.52. The molecule has 0 saturated carbocycles. The van der Waals surface area contributed by atoms with E-state index in [4.69, 9.17) is 0 Å². The summed E-state index contributed by atoms with van der Waals surface area (Å²) < 4.78 is 78.9. The van der Waals surface area contributed by atoms with Gasteiger partial charge in [-0.2, -0.15) is 38.5 Å². The predicted molar refractivity (Wildman–Crippen MR) is 133 cm³/mol. The van der Waals surface area contributed by atoms with Crippen LogP contribution in [-0.4, -0.2) is 29.7 Å². The Morgan fingerprint density at radius 1 is 0.795 bits per heavy atom. The van der Waals surface area contributed by atoms with E-state index in [2.05, 4.69) is 15.6 Å². The molecule has 0 radical (unpaired) electrons. The van der Waals surface area contributed by atoms with E-state index in [0.717, 1.165) is 35.9 Å². The molecule has 3 aromatic carbocycles. The molecule has 3 N–H and O–H groups in total. The van der Waals surface area contributed by atoms with Crippen LogP contribution in [0.5, 0.6) is 0 Å². The average molecular weight is 591 g/mol. The molecule has 0 saturated heterocycles. The fourth-order valence-corrected chi connectivity index (χ4v) is 3.57. The molecule has 1 atom stereocenters. The summed E-state index contributed by atoms with van der Waals surface area (Å²) in [6.45, 7) is 1.51. The Labute approximate surface area is 233 Å². The standard InChI is InChI=1S/C23H22F6N3O.C5H5.Fe/c24-22(25,26)17-7-5-16(6-8-17)19-10-9-18(21(32-19)23(27,28)29)20(33)14-31-12-11-30-13-15-3-1-2-4-15;1-2-4-5-3-1;/h1-10,20,30-31,33H,11-14H2;1-5H;/q-1;-5;/t20-;;/m0../s1. The van der Waals surface area contributed by atoms with Gasteiger partial charge in [0.05, 0.1) is 17.4 Å². The van der Waals surface area contributed by atoms with Crippen molar-refractivity contribution < 1.29 is 48.5 Å². The van der Waals surface area contributed by atoms with E-state index in [1.54, 1.807) is 0 Å². The Kier molecular flexibility index (Phi) is 12.4. The van der Waals surface area contributed by atoms with Crippen LogP contribution in [0.3, 0.4) is 0 Å². The van der Waals surface area contributed by atoms with Gasteiger partial charge in [0.25, 0.3) is 0 Å². The number of alkyl halides is 6. The molecule has 0 bridgehead atoms. The molecule has 4 rings (SSSR count). The Morgan fingerprint density at radius 2 is 1.36 bits per heavy atom. The minimum atomic E-state index is -4.85. The Bertz CT molecular complexity index is 1190. The molecular weight excluding hydrogens is 564 g/mol. The number of hydrogen-bond donors (Lipinski definition) is 3. The van der Waals surface area contributed by atoms with Gasteiger partial charge >= 0.3 is 12.4 Å². The Balaban J connectivity index is 0.000000797. The van der Waals surface area contributed by atoms with Crippen LogP contribution in [0.15, 0.2) is 91.0 Å². The summed E-state index contributed by atoms with van der Waals surface area (Å²) in [6, 6.07) is 23.8. The molecule has 0 aliphatic carbocycles. The second kappa shape index (κ2) is 15.0. The van der Waals surface area contributed by atoms with Crippen molar-refractivity contribution in [3.05, 3.63) is 113 Å². The van der Waals surface area contributed by atoms with Gasteiger partial charge in [-0.15, -0.1) is 5.56 Å². The smallest absolute Gasteiger partial charge is 0.433 e. The Morgan fingerprint density at radius 3 is 1.90 bits per heavy atom. The molecule has 216 valence electrons. The SMILES string of the molecule is O[C@@H](CNCCNC[c-]1cccc1)c1ccc(-c2ccc(C(F)(F)F)cc2)nc1C(F)(F)F.[Fe].[cH-]1[cH-][cH-][cH-][cH-]1. The van der Waals surface area contributed by atoms with Crippen LogP contribution >= 0.6 is 0 Å². The third-order valence-electron chi connectivity index (χ3n) is 5.49. The zero-order valence-corrected chi connectivity index (χ0v) is 21.7. The second-order valence-corrected chi connectivity index (χ2v) is 8.36. The van der Waals surface area contributed by atoms with Gasteiger partial charge in [0.2, 0.25) is 0 Å². The molecule has 0 aliphatic heterocycles. The van der Waals surface area contributed by atoms with E-state index in [0.29, 0.717) is 19.6 Å². The van der Waals surface area contributed by atoms with Gasteiger partial charge in [0.1, 0.15) is 0 Å². The molecule has 0 spiro atoms. The maximum absolute atomic E-state index is 13.6. The zero-order chi connectivity index (χ0) is 27.6. The van der Waals surface area contributed by atoms with Crippen molar-refractivity contribution in [2.24, 2.45) is 0 Å². The maximum Gasteiger partial charge on any atom is 0.433 e. The fourth-order valence-electron chi connectivity index (χ4n) is 3.57. The third kappa shape index (κ3) is 10.3. The summed E-state index contributed by atoms with van der Waals surface area (Å²) in [5, 5.41) is 16.4. The van der Waals surface area contributed by atoms with Gasteiger partial charge < -0.3 is 46.1 Å². The number of aromatic nitrogens is 1. The summed E-state index contributed by atoms with van der Waals surface area (Å²) >= 11 is 0. The van der Waals surface area contributed by atoms with Crippen LogP contribution in [0.1, 0.15) is 28.5 Å². The van der Waals surface area contributed by atoms with E-state index >= 15 is 0 Å². The van der Waals surface area contributed by atoms with E-state index in [9.17, 15) is 31.4 Å². The first-order chi connectivity index (χ1) is 18.1. The van der Waals surface area contributed by atoms with Gasteiger partial charge in [0, 0.05) is 47.8 Å². The molecule has 0 aliphatic rings. The molecule has 11 heteroatoms. The van der Waals surface area contributed by atoms with Crippen LogP contribution in [0.25, 0.3) is 11.3 Å². The Hall–Kier alpha value is -2.95. The quantitative estimate of drug-likeness (QED) is 0.0924. The van der Waals surface area contributed by atoms with Crippen molar-refractivity contribution >= 4 is 0 Å². The third-order valence-corrected chi connectivity index (χ3v) is 5.49. The zero-order valence-electron chi connectivity index (χ0n) is 20.6. The molecular formula is C28H27F6FeN3O-6. The van der Waals surface area contributed by atoms with Crippen molar-refractivity contribution in [1.29, 1.82) is 0 Å². The number of aliphatic hydroxyl groups excluding tert-OH is 1. The number of hydrogen-bond acceptors (Lipinski definition) is 4. The van der Waals surface area contributed by atoms with Gasteiger partial charge in [-0.25, -0.2) is 17.1 Å². The first-order valence-electron chi connectivity index (χ1n) is 11.8. The first-order valence-corrected chi connectivity index (χ1v) is 11.8. The first kappa shape index (κ1) is 32.3. The molecule has 39 heavy (non-hydrogen) atoms. The fraction of sp³-hybridized carbons (Fsp3) is 0.250. The second-order valence-electron chi connectivity index (χ2n) is 8.36. The summed E-state index contributed by atoms with van der Waals surface area (Å²) in [6.07, 6.45) is -10.9. The minimum Gasteiger partial charge on any atom is -0.748 e. The van der Waals surface area contributed by atoms with E-state index < -0.39 is 35.3 Å². The van der Waals surface area contributed by atoms with Gasteiger partial charge in [-0.1, -0.05) is 18.2 Å². The van der Waals surface area contributed by atoms with E-state index in [1.165, 1.54) is 6.07 Å². The monoisotopic (exact) mass is 591 g/mol. The number of aliphatic hydroxyl groups is 1. The van der Waals surface area contributed by atoms with Crippen LogP contribution in [0, 0.1) is 0 Å². The van der Waals surface area contributed by atoms with Crippen LogP contribution in [0.2, 0.25) is 0 Å². The molecule has 4 nitrogen and oxygen atoms in total. The van der Waals surface area contributed by atoms with Gasteiger partial charge in [-0.3, -0.25) is 0 Å². The molecule has 0 amide bonds. The predicted octanol–water partition coefficient (Wildman–Crippen LogP) is 6.32. The molecule has 1 heterocycles. The van der Waals surface area contributed by atoms with Crippen molar-refractivity contribution in [3.63, 3.8) is 0 Å². The molecule has 0 fully saturated rings. The van der Waals surface area contributed by atoms with Crippen molar-refractivity contribution in [2.45, 2.75) is 25.0 Å². The normalized spacial score (nSPS) is 12.3. The number of halogens is 6. The number of nitrogens with one attached hydrogen (secondary N) is 2. The minimum absolute atomic E-state index is 0. The topological polar surface area (TPSA) is 57.2 Å². The molecule has 0 unspecified atom stereocenters. The summed E-state index contributed by atoms with van der Waals surface area (Å²) in [7, 11) is 0. The van der Waals surface area contributed by atoms with E-state index in [1.807, 2.05) is 54.6 Å². The number of nitrogens with zero attached hydrogens (tertiary/aromatic N) is 1. The van der Waals surface area contributed by atoms with Crippen molar-refractivity contribution in [1.82, 2.24) is 15.6 Å². The van der Waals surface area contributed by atoms with Crippen LogP contribution in [0.4, 0.5) is 26.3 Å². The number of benzene rings is 1. The van der Waals surface area contributed by atoms with Gasteiger partial charge in [-0.05, 0) is 24.7 Å². The van der Waals surface area contributed by atoms with Crippen molar-refractivity contribution in [2.75, 3.05) is 19.6 Å². The molecule has 4 aromatic rings. The maximum atomic E-state index is 13.6. The van der Waals surface area contributed by atoms with Crippen molar-refractivity contribution in [3.8, 4) is 11.3 Å².